The number of thioether (sulfide) groups is 1. The van der Waals surface area contributed by atoms with Gasteiger partial charge in [-0.25, -0.2) is 4.68 Å². The predicted octanol–water partition coefficient (Wildman–Crippen LogP) is 2.14. The molecule has 2 rings (SSSR count). The SMILES string of the molecule is CCCN(Cc1ccc(C)cc1)C(=O)CSc1nnc(C)n1N. The third-order valence-electron chi connectivity index (χ3n) is 3.50. The van der Waals surface area contributed by atoms with Crippen LogP contribution in [0.2, 0.25) is 0 Å². The normalized spacial score (nSPS) is 10.7. The number of nitrogens with two attached hydrogens (primary N) is 1. The topological polar surface area (TPSA) is 77.0 Å². The van der Waals surface area contributed by atoms with Gasteiger partial charge in [0, 0.05) is 13.1 Å². The van der Waals surface area contributed by atoms with Gasteiger partial charge in [0.25, 0.3) is 0 Å². The highest BCUT2D eigenvalue weighted by molar-refractivity contribution is 7.99. The Kier molecular flexibility index (Phi) is 6.04. The van der Waals surface area contributed by atoms with Crippen LogP contribution in [-0.4, -0.2) is 38.0 Å². The first-order valence-corrected chi connectivity index (χ1v) is 8.63. The van der Waals surface area contributed by atoms with Crippen molar-refractivity contribution < 1.29 is 4.79 Å². The van der Waals surface area contributed by atoms with Crippen molar-refractivity contribution >= 4 is 17.7 Å². The molecule has 0 fully saturated rings. The fraction of sp³-hybridized carbons (Fsp3) is 0.438. The van der Waals surface area contributed by atoms with Crippen LogP contribution in [0.5, 0.6) is 0 Å². The van der Waals surface area contributed by atoms with Crippen LogP contribution >= 0.6 is 11.8 Å². The third-order valence-corrected chi connectivity index (χ3v) is 4.43. The second-order valence-electron chi connectivity index (χ2n) is 5.49. The van der Waals surface area contributed by atoms with E-state index < -0.39 is 0 Å². The highest BCUT2D eigenvalue weighted by Gasteiger charge is 2.16. The molecule has 124 valence electrons. The summed E-state index contributed by atoms with van der Waals surface area (Å²) >= 11 is 1.32. The Morgan fingerprint density at radius 2 is 1.96 bits per heavy atom. The van der Waals surface area contributed by atoms with E-state index in [0.29, 0.717) is 23.3 Å². The Morgan fingerprint density at radius 1 is 1.26 bits per heavy atom. The summed E-state index contributed by atoms with van der Waals surface area (Å²) in [5, 5.41) is 8.42. The number of carbonyl (C=O) groups is 1. The summed E-state index contributed by atoms with van der Waals surface area (Å²) in [5.41, 5.74) is 2.36. The summed E-state index contributed by atoms with van der Waals surface area (Å²) in [6, 6.07) is 8.27. The fourth-order valence-corrected chi connectivity index (χ4v) is 2.95. The molecule has 2 aromatic rings. The van der Waals surface area contributed by atoms with Crippen LogP contribution in [0.4, 0.5) is 0 Å². The molecule has 0 aliphatic heterocycles. The summed E-state index contributed by atoms with van der Waals surface area (Å²) < 4.78 is 1.40. The number of hydrogen-bond donors (Lipinski definition) is 1. The third kappa shape index (κ3) is 4.72. The van der Waals surface area contributed by atoms with Crippen LogP contribution in [0.3, 0.4) is 0 Å². The summed E-state index contributed by atoms with van der Waals surface area (Å²) in [6.07, 6.45) is 0.925. The molecule has 0 saturated carbocycles. The molecular formula is C16H23N5OS. The van der Waals surface area contributed by atoms with Crippen molar-refractivity contribution in [3.63, 3.8) is 0 Å². The molecule has 0 unspecified atom stereocenters. The van der Waals surface area contributed by atoms with Gasteiger partial charge in [-0.15, -0.1) is 10.2 Å². The maximum atomic E-state index is 12.5. The zero-order valence-corrected chi connectivity index (χ0v) is 14.6. The quantitative estimate of drug-likeness (QED) is 0.620. The van der Waals surface area contributed by atoms with Gasteiger partial charge in [-0.1, -0.05) is 48.5 Å². The first-order chi connectivity index (χ1) is 11.0. The van der Waals surface area contributed by atoms with Gasteiger partial charge in [-0.2, -0.15) is 0 Å². The molecular weight excluding hydrogens is 310 g/mol. The van der Waals surface area contributed by atoms with Crippen molar-refractivity contribution in [1.82, 2.24) is 19.8 Å². The van der Waals surface area contributed by atoms with E-state index in [9.17, 15) is 4.79 Å². The maximum absolute atomic E-state index is 12.5. The van der Waals surface area contributed by atoms with E-state index in [0.717, 1.165) is 18.5 Å². The second kappa shape index (κ2) is 8.01. The van der Waals surface area contributed by atoms with E-state index in [1.807, 2.05) is 4.90 Å². The van der Waals surface area contributed by atoms with E-state index in [4.69, 9.17) is 5.84 Å². The number of aryl methyl sites for hydroxylation is 2. The van der Waals surface area contributed by atoms with Gasteiger partial charge >= 0.3 is 0 Å². The molecule has 0 spiro atoms. The Balaban J connectivity index is 1.97. The van der Waals surface area contributed by atoms with Crippen LogP contribution in [0.1, 0.15) is 30.3 Å². The van der Waals surface area contributed by atoms with Crippen molar-refractivity contribution in [3.05, 3.63) is 41.2 Å². The number of aromatic nitrogens is 3. The van der Waals surface area contributed by atoms with Gasteiger partial charge in [0.05, 0.1) is 5.75 Å². The zero-order chi connectivity index (χ0) is 16.8. The second-order valence-corrected chi connectivity index (χ2v) is 6.43. The first-order valence-electron chi connectivity index (χ1n) is 7.64. The van der Waals surface area contributed by atoms with E-state index in [1.54, 1.807) is 6.92 Å². The molecule has 2 N–H and O–H groups in total. The van der Waals surface area contributed by atoms with Crippen molar-refractivity contribution in [2.45, 2.75) is 38.9 Å². The summed E-state index contributed by atoms with van der Waals surface area (Å²) in [5.74, 6) is 6.83. The van der Waals surface area contributed by atoms with Gasteiger partial charge in [0.15, 0.2) is 0 Å². The fourth-order valence-electron chi connectivity index (χ4n) is 2.14. The van der Waals surface area contributed by atoms with Crippen LogP contribution in [0.15, 0.2) is 29.4 Å². The van der Waals surface area contributed by atoms with E-state index in [2.05, 4.69) is 48.3 Å². The highest BCUT2D eigenvalue weighted by Crippen LogP contribution is 2.16. The van der Waals surface area contributed by atoms with Crippen molar-refractivity contribution in [2.75, 3.05) is 18.1 Å². The molecule has 23 heavy (non-hydrogen) atoms. The molecule has 1 amide bonds. The molecule has 6 nitrogen and oxygen atoms in total. The van der Waals surface area contributed by atoms with Gasteiger partial charge in [0.1, 0.15) is 5.82 Å². The summed E-state index contributed by atoms with van der Waals surface area (Å²) in [7, 11) is 0. The first kappa shape index (κ1) is 17.3. The molecule has 1 aromatic heterocycles. The Hall–Kier alpha value is -2.02. The van der Waals surface area contributed by atoms with Gasteiger partial charge < -0.3 is 10.7 Å². The Labute approximate surface area is 141 Å². The molecule has 0 saturated heterocycles. The van der Waals surface area contributed by atoms with Crippen LogP contribution in [0.25, 0.3) is 0 Å². The van der Waals surface area contributed by atoms with Gasteiger partial charge in [-0.05, 0) is 25.8 Å². The molecule has 0 aliphatic rings. The monoisotopic (exact) mass is 333 g/mol. The number of rotatable bonds is 7. The average Bonchev–Trinajstić information content (AvgIpc) is 2.86. The maximum Gasteiger partial charge on any atom is 0.233 e. The lowest BCUT2D eigenvalue weighted by Crippen LogP contribution is -2.32. The molecule has 1 heterocycles. The van der Waals surface area contributed by atoms with E-state index in [1.165, 1.54) is 22.0 Å². The minimum atomic E-state index is 0.0816. The smallest absolute Gasteiger partial charge is 0.233 e. The van der Waals surface area contributed by atoms with Gasteiger partial charge in [0.2, 0.25) is 11.1 Å². The summed E-state index contributed by atoms with van der Waals surface area (Å²) in [4.78, 5) is 14.4. The van der Waals surface area contributed by atoms with Gasteiger partial charge in [-0.3, -0.25) is 4.79 Å². The molecule has 0 bridgehead atoms. The van der Waals surface area contributed by atoms with E-state index >= 15 is 0 Å². The number of carbonyl (C=O) groups excluding carboxylic acids is 1. The van der Waals surface area contributed by atoms with E-state index in [-0.39, 0.29) is 5.91 Å². The Bertz CT molecular complexity index is 653. The lowest BCUT2D eigenvalue weighted by atomic mass is 10.1. The Morgan fingerprint density at radius 3 is 2.52 bits per heavy atom. The zero-order valence-electron chi connectivity index (χ0n) is 13.8. The molecule has 7 heteroatoms. The number of nitrogen functional groups attached to an aromatic ring is 1. The number of benzene rings is 1. The standard InChI is InChI=1S/C16H23N5OS/c1-4-9-20(10-14-7-5-12(2)6-8-14)15(22)11-23-16-19-18-13(3)21(16)17/h5-8H,4,9-11,17H2,1-3H3. The molecule has 0 atom stereocenters. The minimum Gasteiger partial charge on any atom is -0.338 e. The number of amides is 1. The largest absolute Gasteiger partial charge is 0.338 e. The lowest BCUT2D eigenvalue weighted by Gasteiger charge is -2.22. The molecule has 0 radical (unpaired) electrons. The minimum absolute atomic E-state index is 0.0816. The van der Waals surface area contributed by atoms with Crippen LogP contribution in [-0.2, 0) is 11.3 Å². The van der Waals surface area contributed by atoms with Crippen molar-refractivity contribution in [2.24, 2.45) is 0 Å². The molecule has 0 aliphatic carbocycles. The summed E-state index contributed by atoms with van der Waals surface area (Å²) in [6.45, 7) is 7.27. The number of nitrogens with zero attached hydrogens (tertiary/aromatic N) is 4. The lowest BCUT2D eigenvalue weighted by molar-refractivity contribution is -0.129. The van der Waals surface area contributed by atoms with Crippen molar-refractivity contribution in [3.8, 4) is 0 Å². The highest BCUT2D eigenvalue weighted by atomic mass is 32.2. The average molecular weight is 333 g/mol. The molecule has 1 aromatic carbocycles. The van der Waals surface area contributed by atoms with Crippen LogP contribution < -0.4 is 5.84 Å². The number of hydrogen-bond acceptors (Lipinski definition) is 5. The predicted molar refractivity (Wildman–Crippen MR) is 92.5 cm³/mol. The van der Waals surface area contributed by atoms with Crippen molar-refractivity contribution in [1.29, 1.82) is 0 Å². The van der Waals surface area contributed by atoms with Crippen LogP contribution in [0, 0.1) is 13.8 Å².